The SMILES string of the molecule is O=C(NC(C(=O)O)C1CC1)c1ccc(=O)n(Cc2ccccc2)n1. The van der Waals surface area contributed by atoms with Crippen LogP contribution in [0.25, 0.3) is 0 Å². The number of aromatic nitrogens is 2. The summed E-state index contributed by atoms with van der Waals surface area (Å²) < 4.78 is 1.19. The molecule has 2 N–H and O–H groups in total. The van der Waals surface area contributed by atoms with Crippen LogP contribution in [0.5, 0.6) is 0 Å². The lowest BCUT2D eigenvalue weighted by Gasteiger charge is -2.13. The Hall–Kier alpha value is -2.96. The zero-order valence-electron chi connectivity index (χ0n) is 12.9. The van der Waals surface area contributed by atoms with Crippen LogP contribution in [-0.2, 0) is 11.3 Å². The lowest BCUT2D eigenvalue weighted by molar-refractivity contribution is -0.139. The number of benzene rings is 1. The fourth-order valence-corrected chi connectivity index (χ4v) is 2.47. The molecule has 7 nitrogen and oxygen atoms in total. The van der Waals surface area contributed by atoms with Gasteiger partial charge in [-0.1, -0.05) is 30.3 Å². The molecule has 1 aliphatic carbocycles. The van der Waals surface area contributed by atoms with E-state index in [1.165, 1.54) is 16.8 Å². The first-order chi connectivity index (χ1) is 11.5. The van der Waals surface area contributed by atoms with Crippen LogP contribution in [0.4, 0.5) is 0 Å². The van der Waals surface area contributed by atoms with Crippen LogP contribution in [0.15, 0.2) is 47.3 Å². The van der Waals surface area contributed by atoms with Gasteiger partial charge in [0.1, 0.15) is 11.7 Å². The summed E-state index contributed by atoms with van der Waals surface area (Å²) in [7, 11) is 0. The number of carbonyl (C=O) groups excluding carboxylic acids is 1. The molecule has 1 aliphatic rings. The molecular formula is C17H17N3O4. The lowest BCUT2D eigenvalue weighted by Crippen LogP contribution is -2.43. The van der Waals surface area contributed by atoms with Crippen molar-refractivity contribution in [3.8, 4) is 0 Å². The highest BCUT2D eigenvalue weighted by molar-refractivity contribution is 5.94. The van der Waals surface area contributed by atoms with Crippen LogP contribution in [0.2, 0.25) is 0 Å². The molecule has 1 fully saturated rings. The number of aliphatic carboxylic acids is 1. The summed E-state index contributed by atoms with van der Waals surface area (Å²) >= 11 is 0. The first-order valence-electron chi connectivity index (χ1n) is 7.70. The highest BCUT2D eigenvalue weighted by Gasteiger charge is 2.37. The predicted molar refractivity (Wildman–Crippen MR) is 85.7 cm³/mol. The van der Waals surface area contributed by atoms with Crippen molar-refractivity contribution < 1.29 is 14.7 Å². The summed E-state index contributed by atoms with van der Waals surface area (Å²) in [5, 5.41) is 15.7. The van der Waals surface area contributed by atoms with Gasteiger partial charge in [-0.2, -0.15) is 5.10 Å². The summed E-state index contributed by atoms with van der Waals surface area (Å²) in [5.41, 5.74) is 0.580. The third kappa shape index (κ3) is 3.68. The third-order valence-electron chi connectivity index (χ3n) is 3.92. The Balaban J connectivity index is 1.78. The lowest BCUT2D eigenvalue weighted by atomic mass is 10.2. The Morgan fingerprint density at radius 2 is 1.92 bits per heavy atom. The molecule has 24 heavy (non-hydrogen) atoms. The number of carbonyl (C=O) groups is 2. The number of hydrogen-bond acceptors (Lipinski definition) is 4. The van der Waals surface area contributed by atoms with E-state index in [1.54, 1.807) is 0 Å². The molecule has 1 heterocycles. The number of rotatable bonds is 6. The van der Waals surface area contributed by atoms with Crippen molar-refractivity contribution in [1.82, 2.24) is 15.1 Å². The van der Waals surface area contributed by atoms with E-state index in [-0.39, 0.29) is 23.7 Å². The van der Waals surface area contributed by atoms with E-state index in [0.717, 1.165) is 18.4 Å². The highest BCUT2D eigenvalue weighted by Crippen LogP contribution is 2.32. The number of nitrogens with zero attached hydrogens (tertiary/aromatic N) is 2. The van der Waals surface area contributed by atoms with E-state index in [1.807, 2.05) is 30.3 Å². The van der Waals surface area contributed by atoms with Crippen LogP contribution < -0.4 is 10.9 Å². The van der Waals surface area contributed by atoms with Gasteiger partial charge in [0.25, 0.3) is 11.5 Å². The van der Waals surface area contributed by atoms with Crippen molar-refractivity contribution >= 4 is 11.9 Å². The zero-order chi connectivity index (χ0) is 17.1. The van der Waals surface area contributed by atoms with Gasteiger partial charge in [-0.05, 0) is 30.4 Å². The Kier molecular flexibility index (Phi) is 4.41. The zero-order valence-corrected chi connectivity index (χ0v) is 12.9. The van der Waals surface area contributed by atoms with Gasteiger partial charge in [0.2, 0.25) is 0 Å². The van der Waals surface area contributed by atoms with E-state index in [2.05, 4.69) is 10.4 Å². The second-order valence-electron chi connectivity index (χ2n) is 5.83. The predicted octanol–water partition coefficient (Wildman–Crippen LogP) is 0.885. The van der Waals surface area contributed by atoms with Crippen molar-refractivity contribution in [2.45, 2.75) is 25.4 Å². The third-order valence-corrected chi connectivity index (χ3v) is 3.92. The molecule has 1 saturated carbocycles. The molecule has 1 aromatic heterocycles. The number of nitrogens with one attached hydrogen (secondary N) is 1. The fourth-order valence-electron chi connectivity index (χ4n) is 2.47. The molecule has 0 saturated heterocycles. The summed E-state index contributed by atoms with van der Waals surface area (Å²) in [6.07, 6.45) is 1.58. The van der Waals surface area contributed by atoms with Crippen LogP contribution >= 0.6 is 0 Å². The maximum atomic E-state index is 12.3. The second-order valence-corrected chi connectivity index (χ2v) is 5.83. The molecule has 124 valence electrons. The van der Waals surface area contributed by atoms with Gasteiger partial charge in [0, 0.05) is 6.07 Å². The quantitative estimate of drug-likeness (QED) is 0.820. The standard InChI is InChI=1S/C17H17N3O4/c21-14-9-8-13(16(22)18-15(17(23)24)12-6-7-12)19-20(14)10-11-4-2-1-3-5-11/h1-5,8-9,12,15H,6-7,10H2,(H,18,22)(H,23,24). The summed E-state index contributed by atoms with van der Waals surface area (Å²) in [5.74, 6) is -1.67. The minimum atomic E-state index is -1.05. The largest absolute Gasteiger partial charge is 0.480 e. The van der Waals surface area contributed by atoms with Crippen LogP contribution in [0, 0.1) is 5.92 Å². The van der Waals surface area contributed by atoms with E-state index in [4.69, 9.17) is 0 Å². The molecule has 1 aromatic carbocycles. The molecule has 0 spiro atoms. The van der Waals surface area contributed by atoms with Gasteiger partial charge in [0.05, 0.1) is 6.54 Å². The molecule has 7 heteroatoms. The Bertz CT molecular complexity index is 812. The number of hydrogen-bond donors (Lipinski definition) is 2. The van der Waals surface area contributed by atoms with Gasteiger partial charge in [-0.15, -0.1) is 0 Å². The number of carboxylic acid groups (broad SMARTS) is 1. The molecule has 2 aromatic rings. The fraction of sp³-hybridized carbons (Fsp3) is 0.294. The average Bonchev–Trinajstić information content (AvgIpc) is 3.40. The highest BCUT2D eigenvalue weighted by atomic mass is 16.4. The van der Waals surface area contributed by atoms with E-state index >= 15 is 0 Å². The van der Waals surface area contributed by atoms with Gasteiger partial charge in [-0.25, -0.2) is 9.48 Å². The average molecular weight is 327 g/mol. The first-order valence-corrected chi connectivity index (χ1v) is 7.70. The summed E-state index contributed by atoms with van der Waals surface area (Å²) in [4.78, 5) is 35.4. The molecule has 1 atom stereocenters. The van der Waals surface area contributed by atoms with Gasteiger partial charge < -0.3 is 10.4 Å². The normalized spacial score (nSPS) is 14.8. The first kappa shape index (κ1) is 15.9. The van der Waals surface area contributed by atoms with Crippen LogP contribution in [0.3, 0.4) is 0 Å². The number of carboxylic acids is 1. The van der Waals surface area contributed by atoms with Gasteiger partial charge in [-0.3, -0.25) is 9.59 Å². The molecule has 0 bridgehead atoms. The molecular weight excluding hydrogens is 310 g/mol. The van der Waals surface area contributed by atoms with Crippen molar-refractivity contribution in [2.24, 2.45) is 5.92 Å². The minimum absolute atomic E-state index is 0.0254. The summed E-state index contributed by atoms with van der Waals surface area (Å²) in [6.45, 7) is 0.242. The van der Waals surface area contributed by atoms with Gasteiger partial charge in [0.15, 0.2) is 0 Å². The molecule has 3 rings (SSSR count). The minimum Gasteiger partial charge on any atom is -0.480 e. The maximum absolute atomic E-state index is 12.3. The smallest absolute Gasteiger partial charge is 0.326 e. The Morgan fingerprint density at radius 1 is 1.21 bits per heavy atom. The molecule has 1 unspecified atom stereocenters. The van der Waals surface area contributed by atoms with Crippen molar-refractivity contribution in [3.05, 3.63) is 64.1 Å². The maximum Gasteiger partial charge on any atom is 0.326 e. The van der Waals surface area contributed by atoms with Crippen LogP contribution in [0.1, 0.15) is 28.9 Å². The topological polar surface area (TPSA) is 101 Å². The van der Waals surface area contributed by atoms with E-state index in [0.29, 0.717) is 0 Å². The monoisotopic (exact) mass is 327 g/mol. The summed E-state index contributed by atoms with van der Waals surface area (Å²) in [6, 6.07) is 10.9. The molecule has 0 radical (unpaired) electrons. The van der Waals surface area contributed by atoms with E-state index in [9.17, 15) is 19.5 Å². The van der Waals surface area contributed by atoms with E-state index < -0.39 is 17.9 Å². The molecule has 1 amide bonds. The Labute approximate surface area is 137 Å². The van der Waals surface area contributed by atoms with Crippen molar-refractivity contribution in [1.29, 1.82) is 0 Å². The Morgan fingerprint density at radius 3 is 2.54 bits per heavy atom. The molecule has 0 aliphatic heterocycles. The van der Waals surface area contributed by atoms with Crippen molar-refractivity contribution in [2.75, 3.05) is 0 Å². The van der Waals surface area contributed by atoms with Crippen molar-refractivity contribution in [3.63, 3.8) is 0 Å². The second kappa shape index (κ2) is 6.66. The van der Waals surface area contributed by atoms with Crippen LogP contribution in [-0.4, -0.2) is 32.8 Å². The van der Waals surface area contributed by atoms with Gasteiger partial charge >= 0.3 is 5.97 Å². The number of amides is 1.